The SMILES string of the molecule is CN(Cc1cscn1)C(=O)c1cccc(C(F)(F)F)c1F. The van der Waals surface area contributed by atoms with E-state index in [2.05, 4.69) is 4.98 Å². The maximum absolute atomic E-state index is 13.9. The second-order valence-corrected chi connectivity index (χ2v) is 5.02. The van der Waals surface area contributed by atoms with E-state index in [9.17, 15) is 22.4 Å². The summed E-state index contributed by atoms with van der Waals surface area (Å²) in [7, 11) is 1.38. The van der Waals surface area contributed by atoms with Crippen LogP contribution in [-0.2, 0) is 12.7 Å². The van der Waals surface area contributed by atoms with E-state index in [1.807, 2.05) is 0 Å². The molecule has 0 radical (unpaired) electrons. The third-order valence-corrected chi connectivity index (χ3v) is 3.40. The summed E-state index contributed by atoms with van der Waals surface area (Å²) in [5.41, 5.74) is 0.0969. The molecule has 0 fully saturated rings. The van der Waals surface area contributed by atoms with Crippen LogP contribution in [0.4, 0.5) is 17.6 Å². The van der Waals surface area contributed by atoms with Gasteiger partial charge in [0, 0.05) is 12.4 Å². The fourth-order valence-electron chi connectivity index (χ4n) is 1.75. The predicted molar refractivity (Wildman–Crippen MR) is 69.3 cm³/mol. The molecule has 0 saturated carbocycles. The minimum absolute atomic E-state index is 0.0953. The average molecular weight is 318 g/mol. The number of carbonyl (C=O) groups is 1. The summed E-state index contributed by atoms with van der Waals surface area (Å²) in [6, 6.07) is 2.65. The molecule has 1 aromatic heterocycles. The Balaban J connectivity index is 2.27. The molecule has 0 aliphatic heterocycles. The maximum atomic E-state index is 13.9. The normalized spacial score (nSPS) is 11.5. The first-order valence-electron chi connectivity index (χ1n) is 5.79. The Morgan fingerprint density at radius 1 is 1.38 bits per heavy atom. The quantitative estimate of drug-likeness (QED) is 0.811. The lowest BCUT2D eigenvalue weighted by Gasteiger charge is -2.17. The van der Waals surface area contributed by atoms with E-state index < -0.39 is 29.0 Å². The molecule has 0 aliphatic carbocycles. The summed E-state index contributed by atoms with van der Waals surface area (Å²) in [5, 5.41) is 1.70. The Morgan fingerprint density at radius 2 is 2.10 bits per heavy atom. The van der Waals surface area contributed by atoms with Crippen LogP contribution in [0.25, 0.3) is 0 Å². The first kappa shape index (κ1) is 15.4. The van der Waals surface area contributed by atoms with Gasteiger partial charge in [-0.2, -0.15) is 13.2 Å². The van der Waals surface area contributed by atoms with Crippen LogP contribution >= 0.6 is 11.3 Å². The van der Waals surface area contributed by atoms with Gasteiger partial charge in [-0.05, 0) is 12.1 Å². The number of carbonyl (C=O) groups excluding carboxylic acids is 1. The highest BCUT2D eigenvalue weighted by atomic mass is 32.1. The van der Waals surface area contributed by atoms with Crippen LogP contribution in [0.2, 0.25) is 0 Å². The number of benzene rings is 1. The number of halogens is 4. The smallest absolute Gasteiger partial charge is 0.336 e. The van der Waals surface area contributed by atoms with E-state index in [4.69, 9.17) is 0 Å². The lowest BCUT2D eigenvalue weighted by atomic mass is 10.1. The minimum Gasteiger partial charge on any atom is -0.336 e. The van der Waals surface area contributed by atoms with Crippen molar-refractivity contribution >= 4 is 17.2 Å². The van der Waals surface area contributed by atoms with Crippen molar-refractivity contribution in [3.05, 3.63) is 51.7 Å². The summed E-state index contributed by atoms with van der Waals surface area (Å²) in [5.74, 6) is -2.38. The Labute approximate surface area is 121 Å². The molecule has 0 atom stereocenters. The van der Waals surface area contributed by atoms with Crippen LogP contribution in [0.15, 0.2) is 29.1 Å². The first-order chi connectivity index (χ1) is 9.80. The van der Waals surface area contributed by atoms with Crippen LogP contribution < -0.4 is 0 Å². The van der Waals surface area contributed by atoms with Crippen molar-refractivity contribution in [2.75, 3.05) is 7.05 Å². The number of alkyl halides is 3. The highest BCUT2D eigenvalue weighted by molar-refractivity contribution is 7.07. The number of rotatable bonds is 3. The Hall–Kier alpha value is -1.96. The molecule has 3 nitrogen and oxygen atoms in total. The van der Waals surface area contributed by atoms with Gasteiger partial charge in [-0.15, -0.1) is 11.3 Å². The van der Waals surface area contributed by atoms with Crippen LogP contribution in [0.5, 0.6) is 0 Å². The molecule has 0 aliphatic rings. The fraction of sp³-hybridized carbons (Fsp3) is 0.231. The van der Waals surface area contributed by atoms with Gasteiger partial charge in [-0.3, -0.25) is 4.79 Å². The van der Waals surface area contributed by atoms with Crippen molar-refractivity contribution < 1.29 is 22.4 Å². The highest BCUT2D eigenvalue weighted by Gasteiger charge is 2.36. The molecule has 0 bridgehead atoms. The van der Waals surface area contributed by atoms with Crippen LogP contribution in [0.1, 0.15) is 21.6 Å². The van der Waals surface area contributed by atoms with Gasteiger partial charge in [0.2, 0.25) is 0 Å². The molecule has 112 valence electrons. The summed E-state index contributed by atoms with van der Waals surface area (Å²) in [6.07, 6.45) is -4.84. The Bertz CT molecular complexity index is 640. The van der Waals surface area contributed by atoms with E-state index in [1.165, 1.54) is 18.4 Å². The number of aromatic nitrogens is 1. The second kappa shape index (κ2) is 5.80. The topological polar surface area (TPSA) is 33.2 Å². The monoisotopic (exact) mass is 318 g/mol. The molecule has 0 N–H and O–H groups in total. The van der Waals surface area contributed by atoms with Crippen molar-refractivity contribution in [1.82, 2.24) is 9.88 Å². The lowest BCUT2D eigenvalue weighted by Crippen LogP contribution is -2.28. The zero-order valence-electron chi connectivity index (χ0n) is 10.8. The molecular weight excluding hydrogens is 308 g/mol. The van der Waals surface area contributed by atoms with Gasteiger partial charge >= 0.3 is 6.18 Å². The number of nitrogens with zero attached hydrogens (tertiary/aromatic N) is 2. The van der Waals surface area contributed by atoms with Crippen molar-refractivity contribution in [1.29, 1.82) is 0 Å². The lowest BCUT2D eigenvalue weighted by molar-refractivity contribution is -0.140. The minimum atomic E-state index is -4.84. The molecule has 2 rings (SSSR count). The molecule has 0 unspecified atom stereocenters. The van der Waals surface area contributed by atoms with Gasteiger partial charge in [0.15, 0.2) is 0 Å². The largest absolute Gasteiger partial charge is 0.419 e. The molecule has 1 heterocycles. The van der Waals surface area contributed by atoms with Gasteiger partial charge in [-0.1, -0.05) is 6.07 Å². The molecule has 8 heteroatoms. The van der Waals surface area contributed by atoms with E-state index in [-0.39, 0.29) is 6.54 Å². The molecule has 1 amide bonds. The van der Waals surface area contributed by atoms with E-state index in [1.54, 1.807) is 10.9 Å². The van der Waals surface area contributed by atoms with E-state index in [0.717, 1.165) is 17.0 Å². The zero-order valence-corrected chi connectivity index (χ0v) is 11.6. The number of hydrogen-bond acceptors (Lipinski definition) is 3. The van der Waals surface area contributed by atoms with Crippen molar-refractivity contribution in [2.24, 2.45) is 0 Å². The number of hydrogen-bond donors (Lipinski definition) is 0. The van der Waals surface area contributed by atoms with Crippen LogP contribution in [0.3, 0.4) is 0 Å². The second-order valence-electron chi connectivity index (χ2n) is 4.31. The molecule has 21 heavy (non-hydrogen) atoms. The third-order valence-electron chi connectivity index (χ3n) is 2.76. The van der Waals surface area contributed by atoms with E-state index >= 15 is 0 Å². The predicted octanol–water partition coefficient (Wildman–Crippen LogP) is 3.57. The molecule has 1 aromatic carbocycles. The van der Waals surface area contributed by atoms with Gasteiger partial charge in [0.1, 0.15) is 5.82 Å². The molecule has 0 saturated heterocycles. The molecule has 0 spiro atoms. The highest BCUT2D eigenvalue weighted by Crippen LogP contribution is 2.32. The summed E-state index contributed by atoms with van der Waals surface area (Å²) in [6.45, 7) is 0.0953. The van der Waals surface area contributed by atoms with Crippen LogP contribution in [-0.4, -0.2) is 22.8 Å². The van der Waals surface area contributed by atoms with Gasteiger partial charge in [0.25, 0.3) is 5.91 Å². The number of amides is 1. The van der Waals surface area contributed by atoms with Crippen molar-refractivity contribution in [3.63, 3.8) is 0 Å². The first-order valence-corrected chi connectivity index (χ1v) is 6.73. The van der Waals surface area contributed by atoms with Gasteiger partial charge < -0.3 is 4.90 Å². The van der Waals surface area contributed by atoms with Crippen molar-refractivity contribution in [2.45, 2.75) is 12.7 Å². The molecular formula is C13H10F4N2OS. The summed E-state index contributed by atoms with van der Waals surface area (Å²) < 4.78 is 51.8. The maximum Gasteiger partial charge on any atom is 0.419 e. The summed E-state index contributed by atoms with van der Waals surface area (Å²) >= 11 is 1.33. The Kier molecular flexibility index (Phi) is 4.26. The third kappa shape index (κ3) is 3.38. The van der Waals surface area contributed by atoms with Crippen molar-refractivity contribution in [3.8, 4) is 0 Å². The Morgan fingerprint density at radius 3 is 2.67 bits per heavy atom. The fourth-order valence-corrected chi connectivity index (χ4v) is 2.30. The van der Waals surface area contributed by atoms with Gasteiger partial charge in [-0.25, -0.2) is 9.37 Å². The standard InChI is InChI=1S/C13H10F4N2OS/c1-19(5-8-6-21-7-18-8)12(20)9-3-2-4-10(11(9)14)13(15,16)17/h2-4,6-7H,5H2,1H3. The zero-order chi connectivity index (χ0) is 15.6. The number of thiazole rings is 1. The van der Waals surface area contributed by atoms with E-state index in [0.29, 0.717) is 11.8 Å². The summed E-state index contributed by atoms with van der Waals surface area (Å²) in [4.78, 5) is 17.1. The average Bonchev–Trinajstić information content (AvgIpc) is 2.89. The molecule has 2 aromatic rings. The van der Waals surface area contributed by atoms with Gasteiger partial charge in [0.05, 0.1) is 28.9 Å². The van der Waals surface area contributed by atoms with Crippen LogP contribution in [0, 0.1) is 5.82 Å².